The highest BCUT2D eigenvalue weighted by Crippen LogP contribution is 2.35. The van der Waals surface area contributed by atoms with E-state index in [1.54, 1.807) is 50.4 Å². The second kappa shape index (κ2) is 11.0. The maximum absolute atomic E-state index is 13.5. The van der Waals surface area contributed by atoms with E-state index in [0.29, 0.717) is 46.3 Å². The van der Waals surface area contributed by atoms with E-state index in [9.17, 15) is 14.9 Å². The summed E-state index contributed by atoms with van der Waals surface area (Å²) in [6.45, 7) is 4.46. The highest BCUT2D eigenvalue weighted by molar-refractivity contribution is 6.19. The lowest BCUT2D eigenvalue weighted by molar-refractivity contribution is -0.141. The number of carbonyl (C=O) groups excluding carboxylic acids is 2. The number of nitriles is 1. The normalized spacial score (nSPS) is 15.9. The van der Waals surface area contributed by atoms with Crippen LogP contribution < -0.4 is 18.9 Å². The van der Waals surface area contributed by atoms with Gasteiger partial charge in [0.15, 0.2) is 23.0 Å². The van der Waals surface area contributed by atoms with Gasteiger partial charge in [0, 0.05) is 5.57 Å². The second-order valence-corrected chi connectivity index (χ2v) is 8.52. The summed E-state index contributed by atoms with van der Waals surface area (Å²) < 4.78 is 22.1. The van der Waals surface area contributed by atoms with Gasteiger partial charge < -0.3 is 18.9 Å². The summed E-state index contributed by atoms with van der Waals surface area (Å²) >= 11 is 0. The number of benzene rings is 2. The first-order valence-electron chi connectivity index (χ1n) is 11.9. The zero-order chi connectivity index (χ0) is 25.7. The van der Waals surface area contributed by atoms with Crippen molar-refractivity contribution >= 4 is 17.9 Å². The Bertz CT molecular complexity index is 1290. The minimum absolute atomic E-state index is 0.00202. The number of hydrogen-bond acceptors (Lipinski definition) is 7. The molecule has 2 aliphatic rings. The molecule has 0 fully saturated rings. The van der Waals surface area contributed by atoms with Crippen molar-refractivity contribution in [2.24, 2.45) is 0 Å². The van der Waals surface area contributed by atoms with E-state index in [1.807, 2.05) is 12.1 Å². The lowest BCUT2D eigenvalue weighted by atomic mass is 9.93. The van der Waals surface area contributed by atoms with Crippen molar-refractivity contribution in [2.75, 3.05) is 20.5 Å². The molecule has 0 aliphatic carbocycles. The number of carbonyl (C=O) groups is 2. The van der Waals surface area contributed by atoms with Gasteiger partial charge in [-0.05, 0) is 60.4 Å². The van der Waals surface area contributed by atoms with Gasteiger partial charge in [0.25, 0.3) is 11.8 Å². The van der Waals surface area contributed by atoms with Crippen LogP contribution in [0.2, 0.25) is 0 Å². The average Bonchev–Trinajstić information content (AvgIpc) is 3.36. The Kier molecular flexibility index (Phi) is 7.59. The maximum atomic E-state index is 13.5. The zero-order valence-electron chi connectivity index (χ0n) is 20.6. The Morgan fingerprint density at radius 1 is 1.06 bits per heavy atom. The molecule has 2 heterocycles. The van der Waals surface area contributed by atoms with Gasteiger partial charge in [-0.25, -0.2) is 0 Å². The molecule has 0 spiro atoms. The van der Waals surface area contributed by atoms with E-state index in [-0.39, 0.29) is 24.5 Å². The molecule has 8 nitrogen and oxygen atoms in total. The van der Waals surface area contributed by atoms with Gasteiger partial charge in [-0.15, -0.1) is 0 Å². The molecule has 0 N–H and O–H groups in total. The number of rotatable bonds is 9. The summed E-state index contributed by atoms with van der Waals surface area (Å²) in [4.78, 5) is 27.5. The molecule has 0 radical (unpaired) electrons. The van der Waals surface area contributed by atoms with Crippen LogP contribution in [0.5, 0.6) is 23.0 Å². The maximum Gasteiger partial charge on any atom is 0.271 e. The summed E-state index contributed by atoms with van der Waals surface area (Å²) in [5.41, 5.74) is 1.91. The summed E-state index contributed by atoms with van der Waals surface area (Å²) in [7, 11) is 1.56. The second-order valence-electron chi connectivity index (χ2n) is 8.52. The van der Waals surface area contributed by atoms with Crippen LogP contribution in [-0.2, 0) is 16.1 Å². The summed E-state index contributed by atoms with van der Waals surface area (Å²) in [5, 5.41) is 9.68. The van der Waals surface area contributed by atoms with Crippen molar-refractivity contribution in [3.8, 4) is 29.1 Å². The monoisotopic (exact) mass is 488 g/mol. The topological polar surface area (TPSA) is 98.1 Å². The lowest BCUT2D eigenvalue weighted by Crippen LogP contribution is -2.42. The van der Waals surface area contributed by atoms with Crippen LogP contribution >= 0.6 is 0 Å². The molecule has 0 bridgehead atoms. The number of nitrogens with zero attached hydrogens (tertiary/aromatic N) is 2. The van der Waals surface area contributed by atoms with Gasteiger partial charge in [0.2, 0.25) is 6.79 Å². The largest absolute Gasteiger partial charge is 0.493 e. The molecule has 2 amide bonds. The van der Waals surface area contributed by atoms with Crippen molar-refractivity contribution in [3.05, 3.63) is 64.2 Å². The quantitative estimate of drug-likeness (QED) is 0.284. The highest BCUT2D eigenvalue weighted by Gasteiger charge is 2.35. The first-order valence-corrected chi connectivity index (χ1v) is 11.9. The van der Waals surface area contributed by atoms with Gasteiger partial charge in [0.05, 0.1) is 20.3 Å². The molecule has 8 heteroatoms. The van der Waals surface area contributed by atoms with Crippen LogP contribution in [-0.4, -0.2) is 37.2 Å². The van der Waals surface area contributed by atoms with Gasteiger partial charge in [-0.2, -0.15) is 5.26 Å². The molecule has 2 aromatic rings. The van der Waals surface area contributed by atoms with Gasteiger partial charge in [0.1, 0.15) is 11.6 Å². The molecule has 0 saturated heterocycles. The third-order valence-corrected chi connectivity index (χ3v) is 6.11. The van der Waals surface area contributed by atoms with Crippen LogP contribution in [0.1, 0.15) is 44.2 Å². The number of amides is 2. The van der Waals surface area contributed by atoms with E-state index in [4.69, 9.17) is 18.9 Å². The van der Waals surface area contributed by atoms with Crippen molar-refractivity contribution in [1.29, 1.82) is 5.26 Å². The van der Waals surface area contributed by atoms with E-state index >= 15 is 0 Å². The number of hydrogen-bond donors (Lipinski definition) is 0. The Labute approximate surface area is 210 Å². The van der Waals surface area contributed by atoms with Gasteiger partial charge in [-0.1, -0.05) is 31.9 Å². The van der Waals surface area contributed by atoms with Crippen LogP contribution in [0.3, 0.4) is 0 Å². The van der Waals surface area contributed by atoms with Crippen molar-refractivity contribution in [2.45, 2.75) is 39.7 Å². The fraction of sp³-hybridized carbons (Fsp3) is 0.321. The smallest absolute Gasteiger partial charge is 0.271 e. The molecule has 0 unspecified atom stereocenters. The molecular weight excluding hydrogens is 460 g/mol. The molecule has 186 valence electrons. The fourth-order valence-corrected chi connectivity index (χ4v) is 4.09. The average molecular weight is 489 g/mol. The summed E-state index contributed by atoms with van der Waals surface area (Å²) in [6, 6.07) is 12.6. The third kappa shape index (κ3) is 5.05. The Morgan fingerprint density at radius 2 is 1.86 bits per heavy atom. The van der Waals surface area contributed by atoms with E-state index in [0.717, 1.165) is 24.2 Å². The minimum atomic E-state index is -0.622. The first kappa shape index (κ1) is 24.9. The summed E-state index contributed by atoms with van der Waals surface area (Å²) in [6.07, 6.45) is 4.81. The molecule has 0 aromatic heterocycles. The van der Waals surface area contributed by atoms with E-state index < -0.39 is 11.8 Å². The Hall–Kier alpha value is -4.25. The third-order valence-electron chi connectivity index (χ3n) is 6.11. The van der Waals surface area contributed by atoms with Crippen molar-refractivity contribution in [1.82, 2.24) is 4.90 Å². The number of unbranched alkanes of at least 4 members (excludes halogenated alkanes) is 2. The standard InChI is InChI=1S/C28H28N2O6/c1-4-5-6-11-34-23-9-7-19(13-25(23)33-3)12-21-18(2)22(15-29)28(32)30(27(21)31)16-20-8-10-24-26(14-20)36-17-35-24/h7-10,12-14H,4-6,11,16-17H2,1-3H3/b21-12+. The molecular formula is C28H28N2O6. The lowest BCUT2D eigenvalue weighted by Gasteiger charge is -2.27. The molecule has 2 aromatic carbocycles. The van der Waals surface area contributed by atoms with Gasteiger partial charge >= 0.3 is 0 Å². The Morgan fingerprint density at radius 3 is 2.61 bits per heavy atom. The molecule has 0 saturated carbocycles. The van der Waals surface area contributed by atoms with E-state index in [1.165, 1.54) is 0 Å². The number of fused-ring (bicyclic) bond motifs is 1. The predicted octanol–water partition coefficient (Wildman–Crippen LogP) is 4.79. The number of ether oxygens (including phenoxy) is 4. The van der Waals surface area contributed by atoms with E-state index in [2.05, 4.69) is 6.92 Å². The van der Waals surface area contributed by atoms with Crippen molar-refractivity contribution in [3.63, 3.8) is 0 Å². The first-order chi connectivity index (χ1) is 17.5. The zero-order valence-corrected chi connectivity index (χ0v) is 20.6. The van der Waals surface area contributed by atoms with Crippen LogP contribution in [0, 0.1) is 11.3 Å². The Balaban J connectivity index is 1.63. The molecule has 4 rings (SSSR count). The highest BCUT2D eigenvalue weighted by atomic mass is 16.7. The van der Waals surface area contributed by atoms with Crippen LogP contribution in [0.15, 0.2) is 53.1 Å². The van der Waals surface area contributed by atoms with Crippen LogP contribution in [0.4, 0.5) is 0 Å². The number of imide groups is 1. The predicted molar refractivity (Wildman–Crippen MR) is 132 cm³/mol. The number of methoxy groups -OCH3 is 1. The molecule has 36 heavy (non-hydrogen) atoms. The minimum Gasteiger partial charge on any atom is -0.493 e. The fourth-order valence-electron chi connectivity index (χ4n) is 4.09. The summed E-state index contributed by atoms with van der Waals surface area (Å²) in [5.74, 6) is 1.22. The van der Waals surface area contributed by atoms with Crippen LogP contribution in [0.25, 0.3) is 6.08 Å². The molecule has 0 atom stereocenters. The van der Waals surface area contributed by atoms with Crippen molar-refractivity contribution < 1.29 is 28.5 Å². The molecule has 2 aliphatic heterocycles. The van der Waals surface area contributed by atoms with Gasteiger partial charge in [-0.3, -0.25) is 14.5 Å². The SMILES string of the molecule is CCCCCOc1ccc(/C=C2/C(=O)N(Cc3ccc4c(c3)OCO4)C(=O)C(C#N)=C2C)cc1OC.